The van der Waals surface area contributed by atoms with Crippen molar-refractivity contribution in [3.63, 3.8) is 0 Å². The van der Waals surface area contributed by atoms with Gasteiger partial charge in [-0.1, -0.05) is 5.16 Å². The average Bonchev–Trinajstić information content (AvgIpc) is 3.30. The van der Waals surface area contributed by atoms with Crippen molar-refractivity contribution < 1.29 is 29.5 Å². The number of amides is 2. The third-order valence-corrected chi connectivity index (χ3v) is 8.29. The maximum atomic E-state index is 12.7. The molecule has 2 aromatic rings. The lowest BCUT2D eigenvalue weighted by atomic mass is 9.89. The molecule has 2 fully saturated rings. The summed E-state index contributed by atoms with van der Waals surface area (Å²) in [6.45, 7) is -0.0949. The molecule has 0 aliphatic carbocycles. The second kappa shape index (κ2) is 9.22. The van der Waals surface area contributed by atoms with Crippen molar-refractivity contribution in [2.24, 2.45) is 10.6 Å². The van der Waals surface area contributed by atoms with Crippen LogP contribution in [-0.4, -0.2) is 105 Å². The second-order valence-corrected chi connectivity index (χ2v) is 9.80. The van der Waals surface area contributed by atoms with Crippen molar-refractivity contribution in [2.45, 2.75) is 16.4 Å². The first-order valence-electron chi connectivity index (χ1n) is 9.46. The molecule has 2 unspecified atom stereocenters. The first kappa shape index (κ1) is 24.0. The van der Waals surface area contributed by atoms with Gasteiger partial charge in [0.15, 0.2) is 0 Å². The lowest BCUT2D eigenvalue weighted by molar-refractivity contribution is -0.157. The summed E-state index contributed by atoms with van der Waals surface area (Å²) >= 11 is 7.69. The van der Waals surface area contributed by atoms with Crippen LogP contribution in [0.4, 0.5) is 5.69 Å². The molecule has 180 valence electrons. The van der Waals surface area contributed by atoms with Crippen LogP contribution in [-0.2, 0) is 19.2 Å². The monoisotopic (exact) mass is 529 g/mol. The predicted octanol–water partition coefficient (Wildman–Crippen LogP) is -1.70. The van der Waals surface area contributed by atoms with Gasteiger partial charge in [0.25, 0.3) is 5.91 Å². The molecule has 2 saturated heterocycles. The fraction of sp³-hybridized carbons (Fsp3) is 0.438. The van der Waals surface area contributed by atoms with E-state index in [2.05, 4.69) is 31.1 Å². The Morgan fingerprint density at radius 2 is 2.21 bits per heavy atom. The molecule has 0 spiro atoms. The van der Waals surface area contributed by atoms with E-state index in [1.54, 1.807) is 0 Å². The zero-order chi connectivity index (χ0) is 24.6. The molecule has 2 aromatic heterocycles. The van der Waals surface area contributed by atoms with E-state index in [-0.39, 0.29) is 29.4 Å². The Hall–Kier alpha value is -3.18. The third-order valence-electron chi connectivity index (χ3n) is 5.27. The number of aromatic nitrogens is 5. The molecule has 2 aliphatic heterocycles. The largest absolute Gasteiger partial charge is 0.481 e. The molecular weight excluding hydrogens is 514 g/mol. The number of oxime groups is 1. The number of carboxylic acid groups (broad SMARTS) is 1. The Morgan fingerprint density at radius 3 is 2.88 bits per heavy atom. The van der Waals surface area contributed by atoms with E-state index in [1.807, 2.05) is 0 Å². The molecular formula is C16H16ClN9O6S2. The maximum Gasteiger partial charge on any atom is 0.313 e. The highest BCUT2D eigenvalue weighted by atomic mass is 35.5. The summed E-state index contributed by atoms with van der Waals surface area (Å²) in [4.78, 5) is 50.0. The van der Waals surface area contributed by atoms with Crippen LogP contribution in [0, 0.1) is 5.41 Å². The molecule has 2 amide bonds. The van der Waals surface area contributed by atoms with Crippen LogP contribution in [0.25, 0.3) is 5.65 Å². The Balaban J connectivity index is 1.44. The highest BCUT2D eigenvalue weighted by Gasteiger charge is 2.57. The molecule has 3 atom stereocenters. The van der Waals surface area contributed by atoms with E-state index in [0.717, 1.165) is 16.4 Å². The number of rotatable bonds is 8. The van der Waals surface area contributed by atoms with Crippen LogP contribution in [0.3, 0.4) is 0 Å². The summed E-state index contributed by atoms with van der Waals surface area (Å²) < 4.78 is 1.14. The van der Waals surface area contributed by atoms with Crippen LogP contribution < -0.4 is 11.1 Å². The quantitative estimate of drug-likeness (QED) is 0.0570. The number of hydrogen-bond donors (Lipinski definition) is 4. The minimum Gasteiger partial charge on any atom is -0.481 e. The molecule has 0 saturated carbocycles. The van der Waals surface area contributed by atoms with Gasteiger partial charge in [0, 0.05) is 18.1 Å². The fourth-order valence-corrected chi connectivity index (χ4v) is 6.32. The van der Waals surface area contributed by atoms with Gasteiger partial charge in [-0.25, -0.2) is 0 Å². The van der Waals surface area contributed by atoms with Gasteiger partial charge in [-0.05, 0) is 16.5 Å². The van der Waals surface area contributed by atoms with Crippen molar-refractivity contribution in [1.82, 2.24) is 35.5 Å². The van der Waals surface area contributed by atoms with E-state index in [4.69, 9.17) is 22.5 Å². The van der Waals surface area contributed by atoms with Gasteiger partial charge >= 0.3 is 5.97 Å². The van der Waals surface area contributed by atoms with Gasteiger partial charge in [-0.3, -0.25) is 19.2 Å². The minimum absolute atomic E-state index is 0.0779. The number of nitrogens with one attached hydrogen (secondary N) is 1. The second-order valence-electron chi connectivity index (χ2n) is 7.43. The fourth-order valence-electron chi connectivity index (χ4n) is 3.43. The average molecular weight is 530 g/mol. The lowest BCUT2D eigenvalue weighted by Gasteiger charge is -2.53. The number of hydrogen-bond acceptors (Lipinski definition) is 13. The van der Waals surface area contributed by atoms with Crippen LogP contribution in [0.2, 0.25) is 0 Å². The summed E-state index contributed by atoms with van der Waals surface area (Å²) in [6, 6.07) is 0.536. The number of fused-ring (bicyclic) bond motifs is 2. The van der Waals surface area contributed by atoms with Crippen LogP contribution >= 0.6 is 35.1 Å². The van der Waals surface area contributed by atoms with Gasteiger partial charge in [0.1, 0.15) is 21.9 Å². The standard InChI is InChI=1S/C16H16ClN9O6S2/c17-2-7(27)9(22-32)12(28)19-10-13(29)25-3-16(15(30)31,5-34-14(10)25)4-33-8-1-6(18)11-20-23-24-26(11)21-8/h1,10,14,32H,2-5,18H2,(H,19,28)(H,30,31)/t10?,14-,16?/m1/s1. The van der Waals surface area contributed by atoms with E-state index < -0.39 is 52.0 Å². The van der Waals surface area contributed by atoms with Crippen molar-refractivity contribution in [2.75, 3.05) is 29.7 Å². The van der Waals surface area contributed by atoms with Crippen LogP contribution in [0.1, 0.15) is 0 Å². The highest BCUT2D eigenvalue weighted by Crippen LogP contribution is 2.44. The molecule has 4 rings (SSSR count). The zero-order valence-electron chi connectivity index (χ0n) is 17.0. The molecule has 18 heteroatoms. The molecule has 15 nitrogen and oxygen atoms in total. The Kier molecular flexibility index (Phi) is 6.50. The number of tetrazole rings is 1. The number of carboxylic acids is 1. The molecule has 0 bridgehead atoms. The van der Waals surface area contributed by atoms with E-state index in [0.29, 0.717) is 5.03 Å². The minimum atomic E-state index is -1.30. The SMILES string of the molecule is Nc1cc(SCC2(C(=O)O)CS[C@@H]3C(NC(=O)C(=NO)C(=O)CCl)C(=O)N3C2)nn2nnnc12. The maximum absolute atomic E-state index is 12.7. The topological polar surface area (TPSA) is 218 Å². The number of anilines is 1. The number of Topliss-reactive ketones (excluding diaryl/α,β-unsaturated/α-hetero) is 1. The first-order chi connectivity index (χ1) is 16.2. The van der Waals surface area contributed by atoms with Crippen molar-refractivity contribution in [3.8, 4) is 0 Å². The van der Waals surface area contributed by atoms with Crippen LogP contribution in [0.15, 0.2) is 16.2 Å². The number of carbonyl (C=O) groups is 4. The van der Waals surface area contributed by atoms with E-state index in [1.165, 1.54) is 22.7 Å². The molecule has 34 heavy (non-hydrogen) atoms. The molecule has 5 N–H and O–H groups in total. The zero-order valence-corrected chi connectivity index (χ0v) is 19.4. The number of ketones is 1. The molecule has 0 aromatic carbocycles. The van der Waals surface area contributed by atoms with Gasteiger partial charge in [0.05, 0.1) is 11.6 Å². The van der Waals surface area contributed by atoms with E-state index >= 15 is 0 Å². The van der Waals surface area contributed by atoms with Gasteiger partial charge in [0.2, 0.25) is 23.0 Å². The highest BCUT2D eigenvalue weighted by molar-refractivity contribution is 8.00. The Morgan fingerprint density at radius 1 is 1.44 bits per heavy atom. The normalized spacial score (nSPS) is 24.4. The number of thioether (sulfide) groups is 2. The summed E-state index contributed by atoms with van der Waals surface area (Å²) in [6.07, 6.45) is 0. The van der Waals surface area contributed by atoms with E-state index in [9.17, 15) is 24.3 Å². The summed E-state index contributed by atoms with van der Waals surface area (Å²) in [7, 11) is 0. The number of halogens is 1. The van der Waals surface area contributed by atoms with Gasteiger partial charge < -0.3 is 26.3 Å². The number of nitrogen functional groups attached to an aromatic ring is 1. The number of β-lactam (4-membered cyclic amide) rings is 1. The number of alkyl halides is 1. The lowest BCUT2D eigenvalue weighted by Crippen LogP contribution is -2.74. The Labute approximate surface area is 203 Å². The first-order valence-corrected chi connectivity index (χ1v) is 12.0. The van der Waals surface area contributed by atoms with Crippen molar-refractivity contribution >= 4 is 75.7 Å². The number of nitrogens with two attached hydrogens (primary N) is 1. The van der Waals surface area contributed by atoms with Crippen LogP contribution in [0.5, 0.6) is 0 Å². The van der Waals surface area contributed by atoms with Gasteiger partial charge in [-0.2, -0.15) is 0 Å². The summed E-state index contributed by atoms with van der Waals surface area (Å²) in [5, 5.41) is 38.8. The predicted molar refractivity (Wildman–Crippen MR) is 119 cm³/mol. The molecule has 4 heterocycles. The summed E-state index contributed by atoms with van der Waals surface area (Å²) in [5.74, 6) is -3.92. The van der Waals surface area contributed by atoms with Crippen molar-refractivity contribution in [1.29, 1.82) is 0 Å². The van der Waals surface area contributed by atoms with Crippen molar-refractivity contribution in [3.05, 3.63) is 6.07 Å². The summed E-state index contributed by atoms with van der Waals surface area (Å²) in [5.41, 5.74) is 4.35. The van der Waals surface area contributed by atoms with Gasteiger partial charge in [-0.15, -0.1) is 50.0 Å². The third kappa shape index (κ3) is 4.09. The molecule has 2 aliphatic rings. The number of aliphatic carboxylic acids is 1. The number of carbonyl (C=O) groups excluding carboxylic acids is 3. The smallest absolute Gasteiger partial charge is 0.313 e. The number of nitrogens with zero attached hydrogens (tertiary/aromatic N) is 7. The Bertz CT molecular complexity index is 1220. The molecule has 0 radical (unpaired) electrons.